The average molecular weight is 636 g/mol. The molecular formula is C26H34Cl2IN2O4+. The van der Waals surface area contributed by atoms with E-state index >= 15 is 0 Å². The Morgan fingerprint density at radius 2 is 1.23 bits per heavy atom. The summed E-state index contributed by atoms with van der Waals surface area (Å²) in [5.74, 6) is -0.478. The van der Waals surface area contributed by atoms with Crippen LogP contribution >= 0.6 is 34.2 Å². The second-order valence-corrected chi connectivity index (χ2v) is 11.0. The average Bonchev–Trinajstić information content (AvgIpc) is 3.53. The van der Waals surface area contributed by atoms with Gasteiger partial charge in [-0.2, -0.15) is 0 Å². The van der Waals surface area contributed by atoms with E-state index in [0.29, 0.717) is 0 Å². The van der Waals surface area contributed by atoms with Gasteiger partial charge in [0.15, 0.2) is 23.2 Å². The van der Waals surface area contributed by atoms with Gasteiger partial charge in [0.05, 0.1) is 26.4 Å². The molecule has 4 fully saturated rings. The molecule has 4 aliphatic heterocycles. The van der Waals surface area contributed by atoms with Gasteiger partial charge in [-0.1, -0.05) is 11.6 Å². The second kappa shape index (κ2) is 13.2. The summed E-state index contributed by atoms with van der Waals surface area (Å²) in [5.41, 5.74) is 1.22. The van der Waals surface area contributed by atoms with Gasteiger partial charge in [-0.05, 0) is 59.0 Å². The van der Waals surface area contributed by atoms with Gasteiger partial charge in [-0.25, -0.2) is 0 Å². The number of hydrogen-bond acceptors (Lipinski definition) is 6. The fraction of sp³-hybridized carbons (Fsp3) is 0.538. The maximum absolute atomic E-state index is 5.89. The highest BCUT2D eigenvalue weighted by Gasteiger charge is 2.40. The first-order chi connectivity index (χ1) is 17.0. The molecule has 192 valence electrons. The van der Waals surface area contributed by atoms with Crippen molar-refractivity contribution in [3.05, 3.63) is 62.1 Å². The van der Waals surface area contributed by atoms with Gasteiger partial charge in [-0.3, -0.25) is 0 Å². The summed E-state index contributed by atoms with van der Waals surface area (Å²) in [6, 6.07) is 15.9. The summed E-state index contributed by atoms with van der Waals surface area (Å²) in [5, 5.41) is 4.97. The smallest absolute Gasteiger partial charge is 0.225 e. The summed E-state index contributed by atoms with van der Waals surface area (Å²) in [6.45, 7) is 7.03. The molecule has 0 saturated carbocycles. The molecule has 0 atom stereocenters. The van der Waals surface area contributed by atoms with E-state index in [2.05, 4.69) is 44.9 Å². The normalized spacial score (nSPS) is 22.3. The summed E-state index contributed by atoms with van der Waals surface area (Å²) >= 11 is 13.0. The van der Waals surface area contributed by atoms with Gasteiger partial charge in [0.2, 0.25) is 5.02 Å². The van der Waals surface area contributed by atoms with Crippen molar-refractivity contribution in [2.45, 2.75) is 37.3 Å². The predicted molar refractivity (Wildman–Crippen MR) is 144 cm³/mol. The van der Waals surface area contributed by atoms with Crippen LogP contribution in [0, 0.1) is 15.2 Å². The zero-order valence-corrected chi connectivity index (χ0v) is 23.6. The lowest BCUT2D eigenvalue weighted by Crippen LogP contribution is -2.45. The van der Waals surface area contributed by atoms with Crippen LogP contribution in [0.1, 0.15) is 25.7 Å². The summed E-state index contributed by atoms with van der Waals surface area (Å²) in [6.07, 6.45) is 3.89. The van der Waals surface area contributed by atoms with Gasteiger partial charge in [0.1, 0.15) is 0 Å². The molecule has 1 N–H and O–H groups in total. The molecule has 0 bridgehead atoms. The van der Waals surface area contributed by atoms with E-state index < -0.39 is 0 Å². The molecule has 4 aliphatic rings. The highest BCUT2D eigenvalue weighted by Crippen LogP contribution is 2.33. The van der Waals surface area contributed by atoms with Crippen LogP contribution in [0.5, 0.6) is 0 Å². The number of benzene rings is 2. The molecule has 6 nitrogen and oxygen atoms in total. The number of hydrogen-bond donors (Lipinski definition) is 1. The Balaban J connectivity index is 0.000000136. The number of nitrogens with zero attached hydrogens (tertiary/aromatic N) is 1. The molecule has 0 aliphatic carbocycles. The van der Waals surface area contributed by atoms with E-state index in [-0.39, 0.29) is 11.6 Å². The standard InChI is InChI=1S/C13H16ClNO2.C7H13NO2.C6H5ClI/c14-11-1-3-12(4-2-11)15-7-5-13(6-8-15)16-9-10-17-13;1-3-8-4-2-7(1)9-5-6-10-7;7-5-1-3-6(8)4-2-5/h1-4H,5-10H2;8H,1-6H2;1-4,7H/q;;+1. The second-order valence-electron chi connectivity index (χ2n) is 8.88. The SMILES string of the molecule is C1CC2(CCN1)OCCO2.Clc1ccc(N2CCC3(CC2)OCCO3)cc1.[ClH+]c1ccc(I)cc1. The van der Waals surface area contributed by atoms with Gasteiger partial charge in [0.25, 0.3) is 0 Å². The van der Waals surface area contributed by atoms with Gasteiger partial charge >= 0.3 is 0 Å². The van der Waals surface area contributed by atoms with Crippen LogP contribution in [0.25, 0.3) is 0 Å². The Morgan fingerprint density at radius 1 is 0.743 bits per heavy atom. The highest BCUT2D eigenvalue weighted by molar-refractivity contribution is 14.1. The van der Waals surface area contributed by atoms with Crippen LogP contribution < -0.4 is 10.2 Å². The first kappa shape index (κ1) is 27.4. The minimum Gasteiger partial charge on any atom is -0.371 e. The molecule has 0 unspecified atom stereocenters. The Morgan fingerprint density at radius 3 is 1.71 bits per heavy atom. The van der Waals surface area contributed by atoms with Crippen molar-refractivity contribution in [1.82, 2.24) is 5.32 Å². The lowest BCUT2D eigenvalue weighted by Gasteiger charge is -2.38. The van der Waals surface area contributed by atoms with Crippen molar-refractivity contribution in [3.8, 4) is 0 Å². The lowest BCUT2D eigenvalue weighted by molar-refractivity contribution is -0.288. The minimum absolute atomic E-state index is 0.189. The number of nitrogens with one attached hydrogen (secondary N) is 1. The van der Waals surface area contributed by atoms with E-state index in [9.17, 15) is 0 Å². The van der Waals surface area contributed by atoms with Gasteiger partial charge in [0, 0.05) is 78.3 Å². The third kappa shape index (κ3) is 8.17. The molecule has 0 amide bonds. The van der Waals surface area contributed by atoms with Crippen LogP contribution in [0.2, 0.25) is 10.0 Å². The fourth-order valence-corrected chi connectivity index (χ4v) is 5.19. The molecule has 2 spiro atoms. The van der Waals surface area contributed by atoms with E-state index in [1.807, 2.05) is 36.4 Å². The van der Waals surface area contributed by atoms with Crippen LogP contribution in [0.3, 0.4) is 0 Å². The minimum atomic E-state index is -0.289. The van der Waals surface area contributed by atoms with Crippen molar-refractivity contribution < 1.29 is 30.5 Å². The predicted octanol–water partition coefficient (Wildman–Crippen LogP) is 4.78. The van der Waals surface area contributed by atoms with Crippen molar-refractivity contribution in [3.63, 3.8) is 0 Å². The molecule has 35 heavy (non-hydrogen) atoms. The monoisotopic (exact) mass is 635 g/mol. The Kier molecular flexibility index (Phi) is 10.4. The third-order valence-corrected chi connectivity index (χ3v) is 7.77. The number of piperidine rings is 2. The number of ether oxygens (including phenoxy) is 4. The summed E-state index contributed by atoms with van der Waals surface area (Å²) < 4.78 is 23.7. The molecule has 0 radical (unpaired) electrons. The van der Waals surface area contributed by atoms with Crippen LogP contribution in [-0.2, 0) is 18.9 Å². The highest BCUT2D eigenvalue weighted by atomic mass is 127. The van der Waals surface area contributed by atoms with Gasteiger partial charge in [-0.15, -0.1) is 0 Å². The third-order valence-electron chi connectivity index (χ3n) is 6.52. The van der Waals surface area contributed by atoms with Crippen molar-refractivity contribution in [1.29, 1.82) is 0 Å². The fourth-order valence-electron chi connectivity index (χ4n) is 4.57. The quantitative estimate of drug-likeness (QED) is 0.455. The van der Waals surface area contributed by atoms with Gasteiger partial charge < -0.3 is 29.2 Å². The zero-order chi connectivity index (χ0) is 24.6. The van der Waals surface area contributed by atoms with Crippen molar-refractivity contribution in [2.75, 3.05) is 57.5 Å². The Labute approximate surface area is 231 Å². The first-order valence-corrected chi connectivity index (χ1v) is 14.0. The molecule has 2 aromatic carbocycles. The van der Waals surface area contributed by atoms with E-state index in [1.165, 1.54) is 9.26 Å². The van der Waals surface area contributed by atoms with Crippen LogP contribution in [-0.4, -0.2) is 64.2 Å². The summed E-state index contributed by atoms with van der Waals surface area (Å²) in [7, 11) is 0. The van der Waals surface area contributed by atoms with E-state index in [0.717, 1.165) is 88.3 Å². The number of halogens is 3. The Hall–Kier alpha value is -0.650. The van der Waals surface area contributed by atoms with E-state index in [1.54, 1.807) is 0 Å². The maximum Gasteiger partial charge on any atom is 0.225 e. The lowest BCUT2D eigenvalue weighted by atomic mass is 10.0. The Bertz CT molecular complexity index is 866. The van der Waals surface area contributed by atoms with Crippen molar-refractivity contribution in [2.24, 2.45) is 0 Å². The van der Waals surface area contributed by atoms with Crippen LogP contribution in [0.15, 0.2) is 48.5 Å². The summed E-state index contributed by atoms with van der Waals surface area (Å²) in [4.78, 5) is 2.35. The maximum atomic E-state index is 5.89. The molecule has 4 saturated heterocycles. The molecule has 4 heterocycles. The molecule has 0 aromatic heterocycles. The topological polar surface area (TPSA) is 52.2 Å². The zero-order valence-electron chi connectivity index (χ0n) is 19.8. The van der Waals surface area contributed by atoms with Crippen LogP contribution in [0.4, 0.5) is 5.69 Å². The molecule has 2 aromatic rings. The van der Waals surface area contributed by atoms with Crippen molar-refractivity contribution >= 4 is 39.9 Å². The first-order valence-electron chi connectivity index (χ1n) is 12.2. The largest absolute Gasteiger partial charge is 0.371 e. The molecule has 6 rings (SSSR count). The number of anilines is 1. The molecule has 9 heteroatoms. The molecular weight excluding hydrogens is 602 g/mol. The number of rotatable bonds is 1. The van der Waals surface area contributed by atoms with E-state index in [4.69, 9.17) is 42.1 Å².